The summed E-state index contributed by atoms with van der Waals surface area (Å²) in [7, 11) is 0. The lowest BCUT2D eigenvalue weighted by Crippen LogP contribution is -2.10. The van der Waals surface area contributed by atoms with Crippen LogP contribution < -0.4 is 0 Å². The van der Waals surface area contributed by atoms with Crippen LogP contribution in [0.25, 0.3) is 10.9 Å². The molecule has 1 aromatic carbocycles. The Morgan fingerprint density at radius 3 is 2.71 bits per heavy atom. The van der Waals surface area contributed by atoms with E-state index in [1.807, 2.05) is 0 Å². The Morgan fingerprint density at radius 1 is 1.41 bits per heavy atom. The van der Waals surface area contributed by atoms with Crippen LogP contribution in [0.5, 0.6) is 5.75 Å². The molecule has 0 saturated carbocycles. The zero-order valence-corrected chi connectivity index (χ0v) is 9.04. The van der Waals surface area contributed by atoms with Crippen molar-refractivity contribution in [1.29, 1.82) is 0 Å². The highest BCUT2D eigenvalue weighted by Crippen LogP contribution is 2.23. The number of aromatic nitrogens is 2. The number of ketones is 1. The first-order chi connectivity index (χ1) is 7.99. The van der Waals surface area contributed by atoms with Crippen molar-refractivity contribution >= 4 is 22.7 Å². The normalized spacial score (nSPS) is 10.6. The Hall–Kier alpha value is -2.37. The third-order valence-corrected chi connectivity index (χ3v) is 2.35. The number of Topliss-reactive ketones (excluding diaryl/α,β-unsaturated/α-hetero) is 1. The molecule has 0 aliphatic heterocycles. The van der Waals surface area contributed by atoms with Gasteiger partial charge < -0.3 is 10.2 Å². The van der Waals surface area contributed by atoms with E-state index >= 15 is 0 Å². The Kier molecular flexibility index (Phi) is 2.55. The number of aliphatic carboxylic acids is 1. The first-order valence-electron chi connectivity index (χ1n) is 4.91. The van der Waals surface area contributed by atoms with Crippen LogP contribution >= 0.6 is 0 Å². The van der Waals surface area contributed by atoms with Crippen LogP contribution in [-0.4, -0.2) is 31.7 Å². The first kappa shape index (κ1) is 11.1. The van der Waals surface area contributed by atoms with Crippen molar-refractivity contribution in [2.24, 2.45) is 0 Å². The van der Waals surface area contributed by atoms with E-state index in [0.29, 0.717) is 10.9 Å². The average Bonchev–Trinajstić information content (AvgIpc) is 2.56. The van der Waals surface area contributed by atoms with Gasteiger partial charge in [-0.2, -0.15) is 5.10 Å². The van der Waals surface area contributed by atoms with Gasteiger partial charge in [0, 0.05) is 18.4 Å². The molecule has 17 heavy (non-hydrogen) atoms. The van der Waals surface area contributed by atoms with Gasteiger partial charge in [0.25, 0.3) is 0 Å². The number of nitrogens with zero attached hydrogens (tertiary/aromatic N) is 2. The summed E-state index contributed by atoms with van der Waals surface area (Å²) in [5, 5.41) is 22.6. The SMILES string of the molecule is CC(=O)c1nn(CC(=O)O)c2cc(O)ccc12. The molecule has 1 aromatic heterocycles. The van der Waals surface area contributed by atoms with Gasteiger partial charge in [-0.15, -0.1) is 0 Å². The van der Waals surface area contributed by atoms with Crippen LogP contribution in [0, 0.1) is 0 Å². The molecule has 88 valence electrons. The van der Waals surface area contributed by atoms with E-state index in [2.05, 4.69) is 5.10 Å². The summed E-state index contributed by atoms with van der Waals surface area (Å²) in [6.07, 6.45) is 0. The highest BCUT2D eigenvalue weighted by molar-refractivity contribution is 6.05. The first-order valence-corrected chi connectivity index (χ1v) is 4.91. The predicted octanol–water partition coefficient (Wildman–Crippen LogP) is 1.03. The van der Waals surface area contributed by atoms with Gasteiger partial charge in [0.15, 0.2) is 5.78 Å². The maximum atomic E-state index is 11.4. The molecule has 0 unspecified atom stereocenters. The highest BCUT2D eigenvalue weighted by atomic mass is 16.4. The average molecular weight is 234 g/mol. The fraction of sp³-hybridized carbons (Fsp3) is 0.182. The van der Waals surface area contributed by atoms with Crippen molar-refractivity contribution in [3.63, 3.8) is 0 Å². The maximum absolute atomic E-state index is 11.4. The van der Waals surface area contributed by atoms with Gasteiger partial charge in [-0.1, -0.05) is 0 Å². The Bertz CT molecular complexity index is 615. The predicted molar refractivity (Wildman–Crippen MR) is 59.0 cm³/mol. The van der Waals surface area contributed by atoms with E-state index in [0.717, 1.165) is 0 Å². The molecule has 0 bridgehead atoms. The summed E-state index contributed by atoms with van der Waals surface area (Å²) in [4.78, 5) is 22.0. The molecule has 2 N–H and O–H groups in total. The summed E-state index contributed by atoms with van der Waals surface area (Å²) in [5.74, 6) is -1.31. The molecular weight excluding hydrogens is 224 g/mol. The van der Waals surface area contributed by atoms with E-state index in [-0.39, 0.29) is 23.8 Å². The zero-order chi connectivity index (χ0) is 12.6. The number of rotatable bonds is 3. The van der Waals surface area contributed by atoms with Crippen molar-refractivity contribution in [2.75, 3.05) is 0 Å². The van der Waals surface area contributed by atoms with Crippen LogP contribution in [0.1, 0.15) is 17.4 Å². The van der Waals surface area contributed by atoms with E-state index in [9.17, 15) is 14.7 Å². The van der Waals surface area contributed by atoms with E-state index in [1.54, 1.807) is 6.07 Å². The van der Waals surface area contributed by atoms with Crippen LogP contribution in [0.15, 0.2) is 18.2 Å². The van der Waals surface area contributed by atoms with Crippen LogP contribution in [-0.2, 0) is 11.3 Å². The lowest BCUT2D eigenvalue weighted by atomic mass is 10.1. The molecule has 0 atom stereocenters. The summed E-state index contributed by atoms with van der Waals surface area (Å²) >= 11 is 0. The monoisotopic (exact) mass is 234 g/mol. The Balaban J connectivity index is 2.70. The van der Waals surface area contributed by atoms with Crippen molar-refractivity contribution in [3.8, 4) is 5.75 Å². The largest absolute Gasteiger partial charge is 0.508 e. The van der Waals surface area contributed by atoms with Gasteiger partial charge in [0.1, 0.15) is 18.0 Å². The quantitative estimate of drug-likeness (QED) is 0.774. The number of phenolic OH excluding ortho intramolecular Hbond substituents is 1. The maximum Gasteiger partial charge on any atom is 0.325 e. The topological polar surface area (TPSA) is 92.4 Å². The number of carboxylic acid groups (broad SMARTS) is 1. The molecule has 6 heteroatoms. The number of hydrogen-bond donors (Lipinski definition) is 2. The van der Waals surface area contributed by atoms with Crippen molar-refractivity contribution in [2.45, 2.75) is 13.5 Å². The minimum absolute atomic E-state index is 0.000796. The number of aromatic hydroxyl groups is 1. The smallest absolute Gasteiger partial charge is 0.325 e. The molecule has 0 spiro atoms. The molecule has 0 saturated heterocycles. The number of fused-ring (bicyclic) bond motifs is 1. The molecule has 6 nitrogen and oxygen atoms in total. The second-order valence-electron chi connectivity index (χ2n) is 3.66. The van der Waals surface area contributed by atoms with Crippen LogP contribution in [0.3, 0.4) is 0 Å². The summed E-state index contributed by atoms with van der Waals surface area (Å²) in [5.41, 5.74) is 0.638. The minimum Gasteiger partial charge on any atom is -0.508 e. The zero-order valence-electron chi connectivity index (χ0n) is 9.04. The van der Waals surface area contributed by atoms with Crippen LogP contribution in [0.2, 0.25) is 0 Å². The fourth-order valence-electron chi connectivity index (χ4n) is 1.67. The van der Waals surface area contributed by atoms with Gasteiger partial charge >= 0.3 is 5.97 Å². The second-order valence-corrected chi connectivity index (χ2v) is 3.66. The van der Waals surface area contributed by atoms with Crippen molar-refractivity contribution in [1.82, 2.24) is 9.78 Å². The summed E-state index contributed by atoms with van der Waals surface area (Å²) in [6.45, 7) is 1.01. The molecule has 0 radical (unpaired) electrons. The standard InChI is InChI=1S/C11H10N2O4/c1-6(14)11-8-3-2-7(15)4-9(8)13(12-11)5-10(16)17/h2-4,15H,5H2,1H3,(H,16,17). The number of carbonyl (C=O) groups excluding carboxylic acids is 1. The van der Waals surface area contributed by atoms with Crippen molar-refractivity contribution < 1.29 is 19.8 Å². The second kappa shape index (κ2) is 3.89. The van der Waals surface area contributed by atoms with Crippen molar-refractivity contribution in [3.05, 3.63) is 23.9 Å². The summed E-state index contributed by atoms with van der Waals surface area (Å²) < 4.78 is 1.19. The molecule has 0 aliphatic rings. The van der Waals surface area contributed by atoms with Gasteiger partial charge in [-0.05, 0) is 12.1 Å². The molecular formula is C11H10N2O4. The summed E-state index contributed by atoms with van der Waals surface area (Å²) in [6, 6.07) is 4.37. The van der Waals surface area contributed by atoms with Gasteiger partial charge in [-0.3, -0.25) is 14.3 Å². The number of benzene rings is 1. The molecule has 2 rings (SSSR count). The minimum atomic E-state index is -1.06. The highest BCUT2D eigenvalue weighted by Gasteiger charge is 2.15. The third-order valence-electron chi connectivity index (χ3n) is 2.35. The molecule has 0 amide bonds. The van der Waals surface area contributed by atoms with E-state index in [4.69, 9.17) is 5.11 Å². The van der Waals surface area contributed by atoms with Gasteiger partial charge in [0.2, 0.25) is 0 Å². The third kappa shape index (κ3) is 1.96. The molecule has 1 heterocycles. The fourth-order valence-corrected chi connectivity index (χ4v) is 1.67. The lowest BCUT2D eigenvalue weighted by Gasteiger charge is -1.98. The van der Waals surface area contributed by atoms with E-state index < -0.39 is 5.97 Å². The van der Waals surface area contributed by atoms with E-state index in [1.165, 1.54) is 23.7 Å². The molecule has 2 aromatic rings. The molecule has 0 fully saturated rings. The van der Waals surface area contributed by atoms with Gasteiger partial charge in [-0.25, -0.2) is 0 Å². The Labute approximate surface area is 96.1 Å². The Morgan fingerprint density at radius 2 is 2.12 bits per heavy atom. The number of carbonyl (C=O) groups is 2. The van der Waals surface area contributed by atoms with Crippen LogP contribution in [0.4, 0.5) is 0 Å². The number of carboxylic acids is 1. The van der Waals surface area contributed by atoms with Gasteiger partial charge in [0.05, 0.1) is 5.52 Å². The number of hydrogen-bond acceptors (Lipinski definition) is 4. The number of phenols is 1. The molecule has 0 aliphatic carbocycles. The lowest BCUT2D eigenvalue weighted by molar-refractivity contribution is -0.137.